The lowest BCUT2D eigenvalue weighted by atomic mass is 9.67. The van der Waals surface area contributed by atoms with Crippen molar-refractivity contribution >= 4 is 11.3 Å². The number of hydrogen-bond acceptors (Lipinski definition) is 2. The van der Waals surface area contributed by atoms with E-state index in [1.165, 1.54) is 9.75 Å². The second-order valence-corrected chi connectivity index (χ2v) is 11.4. The Balaban J connectivity index is 0.00000216. The van der Waals surface area contributed by atoms with Crippen LogP contribution in [0.15, 0.2) is 12.1 Å². The number of rotatable bonds is 5. The van der Waals surface area contributed by atoms with Crippen LogP contribution in [0, 0.1) is 24.7 Å². The van der Waals surface area contributed by atoms with E-state index in [1.54, 1.807) is 11.3 Å². The molecule has 4 rings (SSSR count). The van der Waals surface area contributed by atoms with Crippen molar-refractivity contribution in [2.24, 2.45) is 17.8 Å². The summed E-state index contributed by atoms with van der Waals surface area (Å²) >= 11 is 1.76. The van der Waals surface area contributed by atoms with Gasteiger partial charge in [-0.3, -0.25) is 0 Å². The summed E-state index contributed by atoms with van der Waals surface area (Å²) in [6.45, 7) is 2.05. The minimum atomic E-state index is -4.22. The number of halogens is 7. The summed E-state index contributed by atoms with van der Waals surface area (Å²) in [4.78, 5) is 2.57. The van der Waals surface area contributed by atoms with Crippen LogP contribution >= 0.6 is 11.3 Å². The fourth-order valence-corrected chi connectivity index (χ4v) is 7.08. The molecule has 6 N–H and O–H groups in total. The second-order valence-electron chi connectivity index (χ2n) is 10.1. The average Bonchev–Trinajstić information content (AvgIpc) is 3.17. The Morgan fingerprint density at radius 2 is 1.28 bits per heavy atom. The predicted octanol–water partition coefficient (Wildman–Crippen LogP) is 5.34. The molecular formula is C24H37F7O4S. The summed E-state index contributed by atoms with van der Waals surface area (Å²) in [5.74, 6) is -2.11. The third kappa shape index (κ3) is 7.12. The maximum absolute atomic E-state index is 14.9. The van der Waals surface area contributed by atoms with Gasteiger partial charge in [0.1, 0.15) is 30.6 Å². The first-order chi connectivity index (χ1) is 15.5. The zero-order valence-corrected chi connectivity index (χ0v) is 20.9. The first kappa shape index (κ1) is 33.1. The van der Waals surface area contributed by atoms with Crippen molar-refractivity contribution in [3.8, 4) is 0 Å². The van der Waals surface area contributed by atoms with E-state index in [-0.39, 0.29) is 41.1 Å². The molecule has 1 aromatic rings. The maximum atomic E-state index is 14.9. The van der Waals surface area contributed by atoms with Crippen molar-refractivity contribution in [1.82, 2.24) is 0 Å². The van der Waals surface area contributed by atoms with Crippen LogP contribution in [0.2, 0.25) is 0 Å². The van der Waals surface area contributed by atoms with E-state index in [9.17, 15) is 30.7 Å². The molecule has 3 saturated carbocycles. The molecule has 1 aromatic heterocycles. The molecule has 0 aliphatic heterocycles. The summed E-state index contributed by atoms with van der Waals surface area (Å²) in [6.07, 6.45) is -15.4. The minimum absolute atomic E-state index is 0. The Kier molecular flexibility index (Phi) is 12.1. The molecule has 4 unspecified atom stereocenters. The zero-order chi connectivity index (χ0) is 23.9. The summed E-state index contributed by atoms with van der Waals surface area (Å²) in [6, 6.07) is 4.21. The van der Waals surface area contributed by atoms with E-state index in [4.69, 9.17) is 0 Å². The van der Waals surface area contributed by atoms with Crippen molar-refractivity contribution in [2.75, 3.05) is 0 Å². The molecule has 212 valence electrons. The van der Waals surface area contributed by atoms with E-state index in [0.717, 1.165) is 25.7 Å². The van der Waals surface area contributed by atoms with Gasteiger partial charge in [-0.15, -0.1) is 11.3 Å². The molecule has 12 heteroatoms. The highest BCUT2D eigenvalue weighted by atomic mass is 32.1. The highest BCUT2D eigenvalue weighted by molar-refractivity contribution is 7.12. The Bertz CT molecular complexity index is 768. The van der Waals surface area contributed by atoms with Crippen LogP contribution in [0.25, 0.3) is 0 Å². The van der Waals surface area contributed by atoms with Gasteiger partial charge in [-0.25, -0.2) is 22.0 Å². The smallest absolute Gasteiger partial charge is 0.364 e. The third-order valence-corrected chi connectivity index (χ3v) is 8.98. The van der Waals surface area contributed by atoms with Crippen molar-refractivity contribution < 1.29 is 51.9 Å². The Morgan fingerprint density at radius 1 is 0.750 bits per heavy atom. The number of ether oxygens (including phenoxy) is 1. The molecule has 1 heterocycles. The van der Waals surface area contributed by atoms with Crippen molar-refractivity contribution in [3.05, 3.63) is 21.9 Å². The van der Waals surface area contributed by atoms with E-state index in [2.05, 4.69) is 23.8 Å². The van der Waals surface area contributed by atoms with E-state index in [0.29, 0.717) is 5.92 Å². The highest BCUT2D eigenvalue weighted by Gasteiger charge is 2.56. The lowest BCUT2D eigenvalue weighted by molar-refractivity contribution is -0.323. The molecule has 0 radical (unpaired) electrons. The maximum Gasteiger partial charge on any atom is 0.364 e. The molecule has 0 amide bonds. The van der Waals surface area contributed by atoms with Gasteiger partial charge < -0.3 is 21.2 Å². The standard InChI is InChI=1S/C24H31F7OS.3H2O/c1-12-2-7-21(33-12)14-5-3-13(4-6-14)15-8-17(25)22(18(26)9-15)24(30,31)32-16-10-19(27)23(29)20(28)11-16;;;/h2,7,13-20,22-23H,3-6,8-11H2,1H3;3*1H2. The van der Waals surface area contributed by atoms with Crippen LogP contribution in [0.4, 0.5) is 30.7 Å². The quantitative estimate of drug-likeness (QED) is 0.450. The Morgan fingerprint density at radius 3 is 1.75 bits per heavy atom. The van der Waals surface area contributed by atoms with Crippen LogP contribution in [-0.2, 0) is 4.74 Å². The van der Waals surface area contributed by atoms with Gasteiger partial charge in [0.2, 0.25) is 0 Å². The van der Waals surface area contributed by atoms with Gasteiger partial charge >= 0.3 is 6.11 Å². The highest BCUT2D eigenvalue weighted by Crippen LogP contribution is 2.50. The zero-order valence-electron chi connectivity index (χ0n) is 20.0. The summed E-state index contributed by atoms with van der Waals surface area (Å²) in [5.41, 5.74) is 0. The summed E-state index contributed by atoms with van der Waals surface area (Å²) < 4.78 is 104. The van der Waals surface area contributed by atoms with Gasteiger partial charge in [0.25, 0.3) is 0 Å². The number of thiophene rings is 1. The van der Waals surface area contributed by atoms with E-state index in [1.807, 2.05) is 0 Å². The second kappa shape index (κ2) is 13.2. The molecule has 36 heavy (non-hydrogen) atoms. The minimum Gasteiger partial charge on any atom is -0.412 e. The van der Waals surface area contributed by atoms with Gasteiger partial charge in [0.05, 0.1) is 6.10 Å². The van der Waals surface area contributed by atoms with Gasteiger partial charge in [0, 0.05) is 22.6 Å². The van der Waals surface area contributed by atoms with Gasteiger partial charge in [-0.05, 0) is 75.3 Å². The molecule has 3 fully saturated rings. The monoisotopic (exact) mass is 554 g/mol. The Hall–Kier alpha value is -0.950. The van der Waals surface area contributed by atoms with Crippen molar-refractivity contribution in [3.63, 3.8) is 0 Å². The van der Waals surface area contributed by atoms with Crippen LogP contribution in [0.1, 0.15) is 67.0 Å². The molecule has 0 aromatic carbocycles. The average molecular weight is 555 g/mol. The summed E-state index contributed by atoms with van der Waals surface area (Å²) in [5, 5.41) is 0. The van der Waals surface area contributed by atoms with E-state index >= 15 is 0 Å². The number of alkyl halides is 7. The molecule has 3 aliphatic rings. The molecule has 4 nitrogen and oxygen atoms in total. The van der Waals surface area contributed by atoms with Crippen molar-refractivity contribution in [2.45, 2.75) is 107 Å². The molecule has 0 saturated heterocycles. The van der Waals surface area contributed by atoms with Gasteiger partial charge in [0.15, 0.2) is 6.17 Å². The molecule has 0 spiro atoms. The topological polar surface area (TPSA) is 104 Å². The van der Waals surface area contributed by atoms with Crippen molar-refractivity contribution in [1.29, 1.82) is 0 Å². The predicted molar refractivity (Wildman–Crippen MR) is 124 cm³/mol. The molecule has 0 bridgehead atoms. The first-order valence-corrected chi connectivity index (χ1v) is 12.7. The van der Waals surface area contributed by atoms with Crippen LogP contribution < -0.4 is 0 Å². The third-order valence-electron chi connectivity index (χ3n) is 7.82. The fraction of sp³-hybridized carbons (Fsp3) is 0.833. The summed E-state index contributed by atoms with van der Waals surface area (Å²) in [7, 11) is 0. The van der Waals surface area contributed by atoms with Gasteiger partial charge in [-0.2, -0.15) is 8.78 Å². The van der Waals surface area contributed by atoms with Gasteiger partial charge in [-0.1, -0.05) is 0 Å². The lowest BCUT2D eigenvalue weighted by Crippen LogP contribution is -2.52. The SMILES string of the molecule is Cc1ccc(C2CCC(C3CC(F)C(C(F)(F)OC4CC(F)C(F)C(F)C4)C(F)C3)CC2)s1.O.O.O. The Labute approximate surface area is 210 Å². The normalized spacial score (nSPS) is 39.3. The van der Waals surface area contributed by atoms with Crippen LogP contribution in [0.5, 0.6) is 0 Å². The number of hydrogen-bond donors (Lipinski definition) is 0. The lowest BCUT2D eigenvalue weighted by Gasteiger charge is -2.43. The van der Waals surface area contributed by atoms with Crippen LogP contribution in [-0.4, -0.2) is 59.5 Å². The first-order valence-electron chi connectivity index (χ1n) is 11.9. The molecular weight excluding hydrogens is 517 g/mol. The fourth-order valence-electron chi connectivity index (χ4n) is 6.03. The van der Waals surface area contributed by atoms with Crippen LogP contribution in [0.3, 0.4) is 0 Å². The van der Waals surface area contributed by atoms with E-state index < -0.39 is 61.8 Å². The molecule has 4 atom stereocenters. The largest absolute Gasteiger partial charge is 0.412 e. The molecule has 3 aliphatic carbocycles. The number of aryl methyl sites for hydroxylation is 1.